The first kappa shape index (κ1) is 18.6. The van der Waals surface area contributed by atoms with E-state index in [-0.39, 0.29) is 25.4 Å². The number of hydrogen-bond acceptors (Lipinski definition) is 5. The van der Waals surface area contributed by atoms with Gasteiger partial charge in [0, 0.05) is 0 Å². The van der Waals surface area contributed by atoms with Gasteiger partial charge >= 0.3 is 6.09 Å². The lowest BCUT2D eigenvalue weighted by Gasteiger charge is -2.35. The molecule has 0 spiro atoms. The van der Waals surface area contributed by atoms with Crippen LogP contribution in [0.1, 0.15) is 11.1 Å². The van der Waals surface area contributed by atoms with Crippen LogP contribution in [0, 0.1) is 5.92 Å². The van der Waals surface area contributed by atoms with Crippen molar-refractivity contribution in [3.8, 4) is 0 Å². The molecule has 1 aliphatic rings. The van der Waals surface area contributed by atoms with Crippen molar-refractivity contribution in [3.05, 3.63) is 71.8 Å². The summed E-state index contributed by atoms with van der Waals surface area (Å²) in [6.45, 7) is 0.252. The fourth-order valence-electron chi connectivity index (χ4n) is 2.89. The number of rotatable bonds is 7. The predicted octanol–water partition coefficient (Wildman–Crippen LogP) is 1.43. The third-order valence-electron chi connectivity index (χ3n) is 4.43. The number of ketones is 1. The molecule has 2 atom stereocenters. The Morgan fingerprint density at radius 1 is 1.07 bits per heavy atom. The van der Waals surface area contributed by atoms with Crippen molar-refractivity contribution in [2.24, 2.45) is 11.8 Å². The fourth-order valence-corrected chi connectivity index (χ4v) is 2.89. The average Bonchev–Trinajstić information content (AvgIpc) is 2.70. The van der Waals surface area contributed by atoms with Gasteiger partial charge < -0.3 is 10.1 Å². The van der Waals surface area contributed by atoms with Crippen molar-refractivity contribution in [2.45, 2.75) is 19.1 Å². The maximum Gasteiger partial charge on any atom is 0.408 e. The molecule has 3 N–H and O–H groups in total. The lowest BCUT2D eigenvalue weighted by Crippen LogP contribution is -2.62. The number of nitrogens with two attached hydrogens (primary N) is 1. The van der Waals surface area contributed by atoms with Gasteiger partial charge in [0.15, 0.2) is 5.78 Å². The van der Waals surface area contributed by atoms with Crippen molar-refractivity contribution >= 4 is 17.8 Å². The Bertz CT molecular complexity index is 810. The van der Waals surface area contributed by atoms with Gasteiger partial charge in [-0.15, -0.1) is 0 Å². The number of β-lactam (4-membered cyclic amide) rings is 1. The first-order valence-corrected chi connectivity index (χ1v) is 8.65. The molecule has 2 aromatic carbocycles. The topological polar surface area (TPSA) is 102 Å². The summed E-state index contributed by atoms with van der Waals surface area (Å²) in [5.41, 5.74) is 1.71. The summed E-state index contributed by atoms with van der Waals surface area (Å²) >= 11 is 0. The Morgan fingerprint density at radius 3 is 2.22 bits per heavy atom. The minimum Gasteiger partial charge on any atom is -0.445 e. The monoisotopic (exact) mass is 367 g/mol. The van der Waals surface area contributed by atoms with E-state index in [9.17, 15) is 14.4 Å². The summed E-state index contributed by atoms with van der Waals surface area (Å²) in [7, 11) is 0. The lowest BCUT2D eigenvalue weighted by atomic mass is 9.88. The van der Waals surface area contributed by atoms with Gasteiger partial charge in [-0.2, -0.15) is 0 Å². The molecule has 140 valence electrons. The fraction of sp³-hybridized carbons (Fsp3) is 0.250. The van der Waals surface area contributed by atoms with Crippen molar-refractivity contribution in [3.63, 3.8) is 0 Å². The molecule has 1 heterocycles. The highest BCUT2D eigenvalue weighted by Crippen LogP contribution is 2.18. The van der Waals surface area contributed by atoms with Gasteiger partial charge in [-0.25, -0.2) is 10.6 Å². The number of hydrogen-bond donors (Lipinski definition) is 2. The van der Waals surface area contributed by atoms with Crippen LogP contribution in [0.15, 0.2) is 60.7 Å². The first-order valence-electron chi connectivity index (χ1n) is 8.65. The summed E-state index contributed by atoms with van der Waals surface area (Å²) in [4.78, 5) is 36.7. The zero-order chi connectivity index (χ0) is 19.2. The summed E-state index contributed by atoms with van der Waals surface area (Å²) in [6, 6.07) is 17.6. The maximum atomic E-state index is 12.7. The van der Waals surface area contributed by atoms with Gasteiger partial charge in [-0.3, -0.25) is 14.6 Å². The minimum absolute atomic E-state index is 0.0951. The standard InChI is InChI=1S/C20H21N3O4/c21-23-12-16(19(23)25)18(24)17(11-14-7-3-1-4-8-14)22-20(26)27-13-15-9-5-2-6-10-15/h1-10,16-17H,11-13,21H2,(H,22,26)/t16-,17-/m0/s1. The number of carbonyl (C=O) groups is 3. The highest BCUT2D eigenvalue weighted by molar-refractivity contribution is 6.08. The number of nitrogens with one attached hydrogen (secondary N) is 1. The highest BCUT2D eigenvalue weighted by atomic mass is 16.5. The van der Waals surface area contributed by atoms with E-state index < -0.39 is 24.0 Å². The number of nitrogens with zero attached hydrogens (tertiary/aromatic N) is 1. The number of benzene rings is 2. The van der Waals surface area contributed by atoms with Crippen molar-refractivity contribution in [1.82, 2.24) is 10.3 Å². The Morgan fingerprint density at radius 2 is 1.67 bits per heavy atom. The lowest BCUT2D eigenvalue weighted by molar-refractivity contribution is -0.154. The molecular formula is C20H21N3O4. The number of carbonyl (C=O) groups excluding carboxylic acids is 3. The Kier molecular flexibility index (Phi) is 5.83. The van der Waals surface area contributed by atoms with Crippen molar-refractivity contribution < 1.29 is 19.1 Å². The van der Waals surface area contributed by atoms with Gasteiger partial charge in [-0.1, -0.05) is 60.7 Å². The van der Waals surface area contributed by atoms with Crippen LogP contribution in [0.5, 0.6) is 0 Å². The molecule has 0 saturated carbocycles. The van der Waals surface area contributed by atoms with Gasteiger partial charge in [-0.05, 0) is 17.5 Å². The van der Waals surface area contributed by atoms with Crippen LogP contribution >= 0.6 is 0 Å². The second-order valence-corrected chi connectivity index (χ2v) is 6.39. The molecule has 2 amide bonds. The molecule has 2 aromatic rings. The Labute approximate surface area is 157 Å². The number of amides is 2. The Hall–Kier alpha value is -3.19. The summed E-state index contributed by atoms with van der Waals surface area (Å²) in [5.74, 6) is 3.82. The Balaban J connectivity index is 1.64. The van der Waals surface area contributed by atoms with E-state index in [0.29, 0.717) is 0 Å². The molecular weight excluding hydrogens is 346 g/mol. The summed E-state index contributed by atoms with van der Waals surface area (Å²) in [5, 5.41) is 3.59. The van der Waals surface area contributed by atoms with Gasteiger partial charge in [0.25, 0.3) is 0 Å². The quantitative estimate of drug-likeness (QED) is 0.334. The largest absolute Gasteiger partial charge is 0.445 e. The van der Waals surface area contributed by atoms with Crippen LogP contribution in [-0.4, -0.2) is 35.4 Å². The number of Topliss-reactive ketones (excluding diaryl/α,β-unsaturated/α-hetero) is 1. The molecule has 1 saturated heterocycles. The van der Waals surface area contributed by atoms with Crippen LogP contribution < -0.4 is 11.2 Å². The zero-order valence-corrected chi connectivity index (χ0v) is 14.7. The van der Waals surface area contributed by atoms with Gasteiger partial charge in [0.1, 0.15) is 12.5 Å². The highest BCUT2D eigenvalue weighted by Gasteiger charge is 2.43. The third kappa shape index (κ3) is 4.71. The molecule has 1 fully saturated rings. The molecule has 0 aromatic heterocycles. The smallest absolute Gasteiger partial charge is 0.408 e. The average molecular weight is 367 g/mol. The molecule has 27 heavy (non-hydrogen) atoms. The molecule has 7 nitrogen and oxygen atoms in total. The molecule has 0 bridgehead atoms. The second kappa shape index (κ2) is 8.46. The van der Waals surface area contributed by atoms with E-state index in [2.05, 4.69) is 5.32 Å². The van der Waals surface area contributed by atoms with E-state index in [1.165, 1.54) is 0 Å². The first-order chi connectivity index (χ1) is 13.0. The molecule has 0 radical (unpaired) electrons. The summed E-state index contributed by atoms with van der Waals surface area (Å²) < 4.78 is 5.20. The minimum atomic E-state index is -0.863. The molecule has 0 unspecified atom stereocenters. The zero-order valence-electron chi connectivity index (χ0n) is 14.7. The van der Waals surface area contributed by atoms with Gasteiger partial charge in [0.05, 0.1) is 12.6 Å². The maximum absolute atomic E-state index is 12.7. The van der Waals surface area contributed by atoms with E-state index in [0.717, 1.165) is 16.1 Å². The predicted molar refractivity (Wildman–Crippen MR) is 98.1 cm³/mol. The van der Waals surface area contributed by atoms with Crippen LogP contribution in [0.25, 0.3) is 0 Å². The normalized spacial score (nSPS) is 17.0. The van der Waals surface area contributed by atoms with Crippen LogP contribution in [-0.2, 0) is 27.4 Å². The molecule has 1 aliphatic heterocycles. The van der Waals surface area contributed by atoms with Crippen LogP contribution in [0.4, 0.5) is 4.79 Å². The van der Waals surface area contributed by atoms with Crippen LogP contribution in [0.3, 0.4) is 0 Å². The van der Waals surface area contributed by atoms with E-state index in [4.69, 9.17) is 10.6 Å². The van der Waals surface area contributed by atoms with Gasteiger partial charge in [0.2, 0.25) is 5.91 Å². The van der Waals surface area contributed by atoms with E-state index >= 15 is 0 Å². The third-order valence-corrected chi connectivity index (χ3v) is 4.43. The number of hydrazine groups is 1. The van der Waals surface area contributed by atoms with Crippen molar-refractivity contribution in [2.75, 3.05) is 6.54 Å². The van der Waals surface area contributed by atoms with Crippen molar-refractivity contribution in [1.29, 1.82) is 0 Å². The van der Waals surface area contributed by atoms with E-state index in [1.54, 1.807) is 0 Å². The van der Waals surface area contributed by atoms with Crippen LogP contribution in [0.2, 0.25) is 0 Å². The molecule has 7 heteroatoms. The number of alkyl carbamates (subject to hydrolysis) is 1. The number of ether oxygens (including phenoxy) is 1. The molecule has 0 aliphatic carbocycles. The SMILES string of the molecule is NN1C[C@@H](C(=O)[C@H](Cc2ccccc2)NC(=O)OCc2ccccc2)C1=O. The summed E-state index contributed by atoms with van der Waals surface area (Å²) in [6.07, 6.45) is -0.432. The second-order valence-electron chi connectivity index (χ2n) is 6.39. The molecule has 3 rings (SSSR count). The van der Waals surface area contributed by atoms with E-state index in [1.807, 2.05) is 60.7 Å².